The first kappa shape index (κ1) is 7.46. The van der Waals surface area contributed by atoms with Crippen molar-refractivity contribution < 1.29 is 0 Å². The summed E-state index contributed by atoms with van der Waals surface area (Å²) in [6.07, 6.45) is 2.74. The van der Waals surface area contributed by atoms with Gasteiger partial charge in [0.2, 0.25) is 0 Å². The summed E-state index contributed by atoms with van der Waals surface area (Å²) in [7, 11) is 0. The average Bonchev–Trinajstić information content (AvgIpc) is 2.12. The third-order valence-corrected chi connectivity index (χ3v) is 4.82. The van der Waals surface area contributed by atoms with Gasteiger partial charge in [-0.3, -0.25) is 4.67 Å². The van der Waals surface area contributed by atoms with Crippen LogP contribution in [0.1, 0.15) is 12.8 Å². The SMILES string of the molecule is BrP(Br)N1CCCC1. The maximum Gasteiger partial charge on any atom is 0.107 e. The zero-order valence-electron chi connectivity index (χ0n) is 4.48. The Bertz CT molecular complexity index is 72.4. The molecule has 0 spiro atoms. The lowest BCUT2D eigenvalue weighted by Crippen LogP contribution is -2.06. The summed E-state index contributed by atoms with van der Waals surface area (Å²) in [6, 6.07) is 0. The molecule has 1 heterocycles. The predicted octanol–water partition coefficient (Wildman–Crippen LogP) is 3.10. The number of hydrogen-bond donors (Lipinski definition) is 0. The van der Waals surface area contributed by atoms with Crippen LogP contribution in [0.5, 0.6) is 0 Å². The van der Waals surface area contributed by atoms with E-state index in [2.05, 4.69) is 35.6 Å². The van der Waals surface area contributed by atoms with Gasteiger partial charge in [0.15, 0.2) is 0 Å². The molecule has 1 saturated heterocycles. The van der Waals surface area contributed by atoms with E-state index < -0.39 is 0 Å². The fraction of sp³-hybridized carbons (Fsp3) is 1.00. The zero-order chi connectivity index (χ0) is 5.98. The van der Waals surface area contributed by atoms with Gasteiger partial charge in [-0.15, -0.1) is 0 Å². The van der Waals surface area contributed by atoms with Gasteiger partial charge in [-0.05, 0) is 43.8 Å². The molecule has 0 aromatic rings. The van der Waals surface area contributed by atoms with E-state index in [4.69, 9.17) is 0 Å². The second-order valence-corrected chi connectivity index (χ2v) is 9.76. The minimum absolute atomic E-state index is 0.143. The van der Waals surface area contributed by atoms with E-state index in [1.54, 1.807) is 0 Å². The molecule has 0 aromatic carbocycles. The molecule has 0 radical (unpaired) electrons. The lowest BCUT2D eigenvalue weighted by atomic mass is 10.4. The van der Waals surface area contributed by atoms with E-state index in [1.165, 1.54) is 25.9 Å². The van der Waals surface area contributed by atoms with E-state index in [9.17, 15) is 0 Å². The van der Waals surface area contributed by atoms with Gasteiger partial charge in [0.05, 0.1) is 0 Å². The lowest BCUT2D eigenvalue weighted by Gasteiger charge is -2.14. The molecular weight excluding hydrogens is 253 g/mol. The van der Waals surface area contributed by atoms with Gasteiger partial charge < -0.3 is 0 Å². The number of halogens is 2. The number of nitrogens with zero attached hydrogens (tertiary/aromatic N) is 1. The van der Waals surface area contributed by atoms with Crippen LogP contribution in [0.3, 0.4) is 0 Å². The van der Waals surface area contributed by atoms with Crippen molar-refractivity contribution in [1.29, 1.82) is 0 Å². The van der Waals surface area contributed by atoms with Crippen molar-refractivity contribution in [3.05, 3.63) is 0 Å². The van der Waals surface area contributed by atoms with Crippen molar-refractivity contribution in [2.45, 2.75) is 12.8 Å². The zero-order valence-corrected chi connectivity index (χ0v) is 8.55. The number of hydrogen-bond acceptors (Lipinski definition) is 1. The Morgan fingerprint density at radius 1 is 1.12 bits per heavy atom. The Morgan fingerprint density at radius 2 is 1.62 bits per heavy atom. The molecule has 0 amide bonds. The van der Waals surface area contributed by atoms with Gasteiger partial charge >= 0.3 is 0 Å². The van der Waals surface area contributed by atoms with Crippen LogP contribution in [-0.2, 0) is 0 Å². The van der Waals surface area contributed by atoms with Crippen LogP contribution in [0.4, 0.5) is 0 Å². The molecular formula is C4H8Br2NP. The van der Waals surface area contributed by atoms with Crippen LogP contribution >= 0.6 is 36.5 Å². The Kier molecular flexibility index (Phi) is 3.26. The summed E-state index contributed by atoms with van der Waals surface area (Å²) < 4.78 is 2.43. The van der Waals surface area contributed by atoms with Crippen molar-refractivity contribution in [2.24, 2.45) is 0 Å². The van der Waals surface area contributed by atoms with Crippen molar-refractivity contribution >= 4 is 36.5 Å². The van der Waals surface area contributed by atoms with Crippen LogP contribution in [-0.4, -0.2) is 17.8 Å². The smallest absolute Gasteiger partial charge is 0.107 e. The minimum atomic E-state index is -0.143. The van der Waals surface area contributed by atoms with E-state index in [-0.39, 0.29) is 5.48 Å². The Hall–Kier alpha value is 1.35. The molecule has 0 saturated carbocycles. The van der Waals surface area contributed by atoms with E-state index in [1.807, 2.05) is 0 Å². The fourth-order valence-corrected chi connectivity index (χ4v) is 3.34. The van der Waals surface area contributed by atoms with E-state index >= 15 is 0 Å². The second kappa shape index (κ2) is 3.50. The van der Waals surface area contributed by atoms with Gasteiger partial charge in [-0.1, -0.05) is 0 Å². The van der Waals surface area contributed by atoms with Crippen LogP contribution in [0.2, 0.25) is 0 Å². The monoisotopic (exact) mass is 259 g/mol. The van der Waals surface area contributed by atoms with Gasteiger partial charge in [0.1, 0.15) is 5.48 Å². The molecule has 0 unspecified atom stereocenters. The molecule has 0 N–H and O–H groups in total. The summed E-state index contributed by atoms with van der Waals surface area (Å²) in [5.41, 5.74) is -0.143. The Labute approximate surface area is 67.1 Å². The van der Waals surface area contributed by atoms with Crippen molar-refractivity contribution in [2.75, 3.05) is 13.1 Å². The first-order valence-corrected chi connectivity index (χ1v) is 8.00. The highest BCUT2D eigenvalue weighted by molar-refractivity contribution is 9.69. The largest absolute Gasteiger partial charge is 0.265 e. The molecule has 0 bridgehead atoms. The minimum Gasteiger partial charge on any atom is -0.265 e. The predicted molar refractivity (Wildman–Crippen MR) is 45.6 cm³/mol. The first-order valence-electron chi connectivity index (χ1n) is 2.67. The molecule has 8 heavy (non-hydrogen) atoms. The molecule has 4 heteroatoms. The van der Waals surface area contributed by atoms with Crippen molar-refractivity contribution in [3.8, 4) is 0 Å². The van der Waals surface area contributed by atoms with Crippen molar-refractivity contribution in [3.63, 3.8) is 0 Å². The molecule has 1 aliphatic rings. The first-order chi connectivity index (χ1) is 3.80. The van der Waals surface area contributed by atoms with Gasteiger partial charge in [0, 0.05) is 13.1 Å². The average molecular weight is 261 g/mol. The molecule has 1 aliphatic heterocycles. The van der Waals surface area contributed by atoms with Crippen LogP contribution in [0.15, 0.2) is 0 Å². The quantitative estimate of drug-likeness (QED) is 0.655. The molecule has 0 atom stereocenters. The molecule has 1 nitrogen and oxygen atoms in total. The highest BCUT2D eigenvalue weighted by atomic mass is 79.9. The molecule has 1 rings (SSSR count). The normalized spacial score (nSPS) is 22.9. The summed E-state index contributed by atoms with van der Waals surface area (Å²) in [6.45, 7) is 2.53. The summed E-state index contributed by atoms with van der Waals surface area (Å²) >= 11 is 7.02. The second-order valence-electron chi connectivity index (χ2n) is 1.88. The molecule has 1 fully saturated rings. The van der Waals surface area contributed by atoms with Crippen molar-refractivity contribution in [1.82, 2.24) is 4.67 Å². The lowest BCUT2D eigenvalue weighted by molar-refractivity contribution is 0.582. The third-order valence-electron chi connectivity index (χ3n) is 1.30. The van der Waals surface area contributed by atoms with Gasteiger partial charge in [0.25, 0.3) is 0 Å². The fourth-order valence-electron chi connectivity index (χ4n) is 0.852. The maximum absolute atomic E-state index is 3.51. The molecule has 0 aliphatic carbocycles. The van der Waals surface area contributed by atoms with Crippen LogP contribution in [0.25, 0.3) is 0 Å². The third kappa shape index (κ3) is 1.94. The highest BCUT2D eigenvalue weighted by Crippen LogP contribution is 2.56. The topological polar surface area (TPSA) is 3.24 Å². The van der Waals surface area contributed by atoms with Crippen LogP contribution < -0.4 is 0 Å². The molecule has 0 aromatic heterocycles. The maximum atomic E-state index is 3.51. The summed E-state index contributed by atoms with van der Waals surface area (Å²) in [4.78, 5) is 0. The van der Waals surface area contributed by atoms with Gasteiger partial charge in [-0.25, -0.2) is 0 Å². The summed E-state index contributed by atoms with van der Waals surface area (Å²) in [5.74, 6) is 0. The Balaban J connectivity index is 2.24. The number of rotatable bonds is 1. The summed E-state index contributed by atoms with van der Waals surface area (Å²) in [5, 5.41) is 0. The van der Waals surface area contributed by atoms with E-state index in [0.717, 1.165) is 0 Å². The highest BCUT2D eigenvalue weighted by Gasteiger charge is 2.16. The Morgan fingerprint density at radius 3 is 1.88 bits per heavy atom. The van der Waals surface area contributed by atoms with Crippen LogP contribution in [0, 0.1) is 0 Å². The standard InChI is InChI=1S/C4H8Br2NP/c5-8(6)7-3-1-2-4-7/h1-4H2. The van der Waals surface area contributed by atoms with Gasteiger partial charge in [-0.2, -0.15) is 0 Å². The molecule has 48 valence electrons. The van der Waals surface area contributed by atoms with E-state index in [0.29, 0.717) is 0 Å².